The summed E-state index contributed by atoms with van der Waals surface area (Å²) in [6.45, 7) is 3.94. The fraction of sp³-hybridized carbons (Fsp3) is 0.308. The molecular formula is C13H12BrF3N2O. The van der Waals surface area contributed by atoms with Crippen molar-refractivity contribution >= 4 is 15.9 Å². The molecule has 0 radical (unpaired) electrons. The molecular weight excluding hydrogens is 337 g/mol. The van der Waals surface area contributed by atoms with Crippen molar-refractivity contribution in [3.05, 3.63) is 50.1 Å². The van der Waals surface area contributed by atoms with E-state index in [9.17, 15) is 18.0 Å². The van der Waals surface area contributed by atoms with Crippen molar-refractivity contribution in [3.63, 3.8) is 0 Å². The fourth-order valence-corrected chi connectivity index (χ4v) is 2.29. The van der Waals surface area contributed by atoms with Gasteiger partial charge in [0.15, 0.2) is 17.5 Å². The Balaban J connectivity index is 2.56. The highest BCUT2D eigenvalue weighted by Gasteiger charge is 2.17. The summed E-state index contributed by atoms with van der Waals surface area (Å²) in [5.74, 6) is -3.96. The number of benzene rings is 1. The van der Waals surface area contributed by atoms with Gasteiger partial charge in [-0.15, -0.1) is 0 Å². The highest BCUT2D eigenvalue weighted by Crippen LogP contribution is 2.19. The first-order valence-electron chi connectivity index (χ1n) is 5.95. The third-order valence-corrected chi connectivity index (χ3v) is 3.56. The number of hydrogen-bond donors (Lipinski definition) is 1. The van der Waals surface area contributed by atoms with Gasteiger partial charge in [0, 0.05) is 12.1 Å². The lowest BCUT2D eigenvalue weighted by Gasteiger charge is -2.05. The summed E-state index contributed by atoms with van der Waals surface area (Å²) in [7, 11) is 0. The van der Waals surface area contributed by atoms with Gasteiger partial charge in [-0.3, -0.25) is 9.89 Å². The highest BCUT2D eigenvalue weighted by molar-refractivity contribution is 9.10. The second kappa shape index (κ2) is 5.47. The lowest BCUT2D eigenvalue weighted by molar-refractivity contribution is 0.445. The average Bonchev–Trinajstić information content (AvgIpc) is 2.63. The molecule has 0 bridgehead atoms. The normalized spacial score (nSPS) is 11.3. The molecule has 2 rings (SSSR count). The van der Waals surface area contributed by atoms with Crippen molar-refractivity contribution in [2.24, 2.45) is 5.92 Å². The standard InChI is InChI=1S/C13H12BrF3N2O/c1-6(2)3-10-11(14)13(20)19(18-10)7-4-8(15)12(17)9(16)5-7/h4-6,18H,3H2,1-2H3. The van der Waals surface area contributed by atoms with E-state index in [-0.39, 0.29) is 5.69 Å². The van der Waals surface area contributed by atoms with E-state index in [2.05, 4.69) is 21.0 Å². The van der Waals surface area contributed by atoms with Gasteiger partial charge in [-0.25, -0.2) is 17.9 Å². The van der Waals surface area contributed by atoms with Crippen LogP contribution in [0, 0.1) is 23.4 Å². The largest absolute Gasteiger partial charge is 0.294 e. The average molecular weight is 349 g/mol. The van der Waals surface area contributed by atoms with Crippen molar-refractivity contribution < 1.29 is 13.2 Å². The number of aromatic nitrogens is 2. The van der Waals surface area contributed by atoms with Gasteiger partial charge in [0.25, 0.3) is 5.56 Å². The summed E-state index contributed by atoms with van der Waals surface area (Å²) in [6, 6.07) is 1.53. The molecule has 3 nitrogen and oxygen atoms in total. The molecule has 0 spiro atoms. The van der Waals surface area contributed by atoms with E-state index in [1.807, 2.05) is 13.8 Å². The third kappa shape index (κ3) is 2.67. The molecule has 108 valence electrons. The molecule has 0 atom stereocenters. The van der Waals surface area contributed by atoms with Crippen LogP contribution in [-0.4, -0.2) is 9.78 Å². The van der Waals surface area contributed by atoms with Crippen LogP contribution in [0.25, 0.3) is 5.69 Å². The molecule has 0 aliphatic heterocycles. The Bertz CT molecular complexity index is 683. The molecule has 1 aromatic carbocycles. The zero-order chi connectivity index (χ0) is 15.0. The minimum atomic E-state index is -1.56. The van der Waals surface area contributed by atoms with Gasteiger partial charge in [-0.05, 0) is 28.3 Å². The Hall–Kier alpha value is -1.50. The maximum Gasteiger partial charge on any atom is 0.285 e. The Morgan fingerprint density at radius 2 is 1.80 bits per heavy atom. The number of nitrogens with zero attached hydrogens (tertiary/aromatic N) is 1. The lowest BCUT2D eigenvalue weighted by Crippen LogP contribution is -2.15. The van der Waals surface area contributed by atoms with Gasteiger partial charge >= 0.3 is 0 Å². The maximum atomic E-state index is 13.2. The molecule has 7 heteroatoms. The Morgan fingerprint density at radius 1 is 1.25 bits per heavy atom. The third-order valence-electron chi connectivity index (χ3n) is 2.74. The van der Waals surface area contributed by atoms with Crippen molar-refractivity contribution in [1.82, 2.24) is 9.78 Å². The van der Waals surface area contributed by atoms with Crippen molar-refractivity contribution in [3.8, 4) is 5.69 Å². The van der Waals surface area contributed by atoms with Crippen LogP contribution < -0.4 is 5.56 Å². The van der Waals surface area contributed by atoms with Crippen LogP contribution in [0.1, 0.15) is 19.5 Å². The Kier molecular flexibility index (Phi) is 4.08. The molecule has 20 heavy (non-hydrogen) atoms. The van der Waals surface area contributed by atoms with Gasteiger partial charge in [-0.1, -0.05) is 13.8 Å². The fourth-order valence-electron chi connectivity index (χ4n) is 1.86. The molecule has 1 aromatic heterocycles. The quantitative estimate of drug-likeness (QED) is 0.846. The summed E-state index contributed by atoms with van der Waals surface area (Å²) in [4.78, 5) is 12.0. The molecule has 0 fully saturated rings. The van der Waals surface area contributed by atoms with Crippen LogP contribution in [0.3, 0.4) is 0 Å². The summed E-state index contributed by atoms with van der Waals surface area (Å²) in [5.41, 5.74) is 0.0447. The maximum absolute atomic E-state index is 13.2. The Labute approximate surface area is 121 Å². The second-order valence-corrected chi connectivity index (χ2v) is 5.66. The first-order chi connectivity index (χ1) is 9.31. The summed E-state index contributed by atoms with van der Waals surface area (Å²) < 4.78 is 40.6. The molecule has 0 saturated carbocycles. The predicted molar refractivity (Wildman–Crippen MR) is 72.5 cm³/mol. The van der Waals surface area contributed by atoms with Crippen molar-refractivity contribution in [2.75, 3.05) is 0 Å². The van der Waals surface area contributed by atoms with E-state index in [4.69, 9.17) is 0 Å². The van der Waals surface area contributed by atoms with Gasteiger partial charge in [0.1, 0.15) is 4.47 Å². The van der Waals surface area contributed by atoms with E-state index in [1.165, 1.54) is 0 Å². The monoisotopic (exact) mass is 348 g/mol. The lowest BCUT2D eigenvalue weighted by atomic mass is 10.1. The van der Waals surface area contributed by atoms with E-state index in [0.29, 0.717) is 22.5 Å². The number of rotatable bonds is 3. The molecule has 1 N–H and O–H groups in total. The molecule has 0 saturated heterocycles. The molecule has 0 amide bonds. The minimum Gasteiger partial charge on any atom is -0.294 e. The van der Waals surface area contributed by atoms with Crippen molar-refractivity contribution in [1.29, 1.82) is 0 Å². The van der Waals surface area contributed by atoms with Gasteiger partial charge in [0.2, 0.25) is 0 Å². The molecule has 0 unspecified atom stereocenters. The number of nitrogens with one attached hydrogen (secondary N) is 1. The zero-order valence-electron chi connectivity index (χ0n) is 10.8. The number of halogens is 4. The SMILES string of the molecule is CC(C)Cc1[nH]n(-c2cc(F)c(F)c(F)c2)c(=O)c1Br. The van der Waals surface area contributed by atoms with Crippen LogP contribution in [0.15, 0.2) is 21.4 Å². The molecule has 2 aromatic rings. The molecule has 0 aliphatic carbocycles. The van der Waals surface area contributed by atoms with Gasteiger partial charge in [0.05, 0.1) is 11.4 Å². The Morgan fingerprint density at radius 3 is 2.30 bits per heavy atom. The first kappa shape index (κ1) is 14.9. The van der Waals surface area contributed by atoms with Crippen LogP contribution >= 0.6 is 15.9 Å². The van der Waals surface area contributed by atoms with Crippen LogP contribution in [0.4, 0.5) is 13.2 Å². The molecule has 1 heterocycles. The second-order valence-electron chi connectivity index (χ2n) is 4.87. The smallest absolute Gasteiger partial charge is 0.285 e. The van der Waals surface area contributed by atoms with E-state index < -0.39 is 23.0 Å². The van der Waals surface area contributed by atoms with Gasteiger partial charge in [-0.2, -0.15) is 0 Å². The van der Waals surface area contributed by atoms with Crippen LogP contribution in [0.5, 0.6) is 0 Å². The van der Waals surface area contributed by atoms with E-state index >= 15 is 0 Å². The number of hydrogen-bond acceptors (Lipinski definition) is 1. The van der Waals surface area contributed by atoms with Crippen LogP contribution in [0.2, 0.25) is 0 Å². The predicted octanol–water partition coefficient (Wildman–Crippen LogP) is 3.54. The topological polar surface area (TPSA) is 37.8 Å². The van der Waals surface area contributed by atoms with Crippen LogP contribution in [-0.2, 0) is 6.42 Å². The first-order valence-corrected chi connectivity index (χ1v) is 6.75. The van der Waals surface area contributed by atoms with Crippen molar-refractivity contribution in [2.45, 2.75) is 20.3 Å². The van der Waals surface area contributed by atoms with E-state index in [1.54, 1.807) is 0 Å². The minimum absolute atomic E-state index is 0.0953. The number of aromatic amines is 1. The number of H-pyrrole nitrogens is 1. The summed E-state index contributed by atoms with van der Waals surface area (Å²) >= 11 is 3.15. The van der Waals surface area contributed by atoms with E-state index in [0.717, 1.165) is 16.8 Å². The summed E-state index contributed by atoms with van der Waals surface area (Å²) in [6.07, 6.45) is 0.592. The summed E-state index contributed by atoms with van der Waals surface area (Å²) in [5, 5.41) is 2.77. The highest BCUT2D eigenvalue weighted by atomic mass is 79.9. The molecule has 0 aliphatic rings. The zero-order valence-corrected chi connectivity index (χ0v) is 12.4. The van der Waals surface area contributed by atoms with Gasteiger partial charge < -0.3 is 0 Å².